The van der Waals surface area contributed by atoms with Crippen LogP contribution in [-0.4, -0.2) is 42.4 Å². The van der Waals surface area contributed by atoms with Crippen molar-refractivity contribution < 1.29 is 14.6 Å². The lowest BCUT2D eigenvalue weighted by Gasteiger charge is -2.10. The number of aliphatic hydroxyl groups is 1. The molecule has 1 amide bonds. The molecule has 1 unspecified atom stereocenters. The second kappa shape index (κ2) is 5.66. The first-order valence-electron chi connectivity index (χ1n) is 5.73. The minimum atomic E-state index is -0.691. The van der Waals surface area contributed by atoms with Gasteiger partial charge in [-0.2, -0.15) is 0 Å². The van der Waals surface area contributed by atoms with Crippen LogP contribution in [0.4, 0.5) is 0 Å². The predicted octanol–water partition coefficient (Wildman–Crippen LogP) is 0.905. The molecule has 0 spiro atoms. The molecule has 0 aliphatic carbocycles. The first kappa shape index (κ1) is 12.6. The second-order valence-electron chi connectivity index (χ2n) is 4.07. The Bertz CT molecular complexity index is 536. The molecule has 5 nitrogen and oxygen atoms in total. The highest BCUT2D eigenvalue weighted by Gasteiger charge is 2.12. The number of aromatic amines is 1. The van der Waals surface area contributed by atoms with Crippen LogP contribution >= 0.6 is 0 Å². The molecule has 3 N–H and O–H groups in total. The summed E-state index contributed by atoms with van der Waals surface area (Å²) < 4.78 is 4.79. The first-order chi connectivity index (χ1) is 8.72. The minimum absolute atomic E-state index is 0.173. The maximum absolute atomic E-state index is 11.9. The number of para-hydroxylation sites is 1. The van der Waals surface area contributed by atoms with Gasteiger partial charge in [0.25, 0.3) is 5.91 Å². The molecule has 0 bridgehead atoms. The lowest BCUT2D eigenvalue weighted by Crippen LogP contribution is -2.34. The fourth-order valence-corrected chi connectivity index (χ4v) is 1.82. The highest BCUT2D eigenvalue weighted by molar-refractivity contribution is 6.06. The molecule has 0 fully saturated rings. The Morgan fingerprint density at radius 1 is 1.50 bits per heavy atom. The summed E-state index contributed by atoms with van der Waals surface area (Å²) in [6, 6.07) is 7.58. The van der Waals surface area contributed by atoms with Crippen molar-refractivity contribution in [2.75, 3.05) is 20.3 Å². The van der Waals surface area contributed by atoms with Crippen LogP contribution in [0.3, 0.4) is 0 Å². The number of nitrogens with one attached hydrogen (secondary N) is 2. The van der Waals surface area contributed by atoms with E-state index in [1.54, 1.807) is 6.20 Å². The third-order valence-corrected chi connectivity index (χ3v) is 2.69. The Morgan fingerprint density at radius 2 is 2.28 bits per heavy atom. The van der Waals surface area contributed by atoms with Crippen LogP contribution in [0.1, 0.15) is 10.4 Å². The van der Waals surface area contributed by atoms with Gasteiger partial charge in [0.15, 0.2) is 0 Å². The summed E-state index contributed by atoms with van der Waals surface area (Å²) >= 11 is 0. The van der Waals surface area contributed by atoms with E-state index in [-0.39, 0.29) is 19.1 Å². The molecule has 2 rings (SSSR count). The molecule has 18 heavy (non-hydrogen) atoms. The van der Waals surface area contributed by atoms with Crippen LogP contribution in [0.15, 0.2) is 30.5 Å². The van der Waals surface area contributed by atoms with Crippen LogP contribution in [-0.2, 0) is 4.74 Å². The molecule has 1 atom stereocenters. The van der Waals surface area contributed by atoms with E-state index in [0.29, 0.717) is 5.56 Å². The molecule has 2 aromatic rings. The summed E-state index contributed by atoms with van der Waals surface area (Å²) in [6.07, 6.45) is 0.979. The van der Waals surface area contributed by atoms with E-state index >= 15 is 0 Å². The number of hydrogen-bond donors (Lipinski definition) is 3. The summed E-state index contributed by atoms with van der Waals surface area (Å²) in [5.74, 6) is -0.206. The van der Waals surface area contributed by atoms with E-state index in [1.165, 1.54) is 7.11 Å². The third kappa shape index (κ3) is 2.69. The molecular weight excluding hydrogens is 232 g/mol. The van der Waals surface area contributed by atoms with E-state index in [1.807, 2.05) is 24.3 Å². The standard InChI is InChI=1S/C13H16N2O3/c1-18-8-9(16)6-15-13(17)11-7-14-12-5-3-2-4-10(11)12/h2-5,7,9,14,16H,6,8H2,1H3,(H,15,17). The Kier molecular flexibility index (Phi) is 3.96. The summed E-state index contributed by atoms with van der Waals surface area (Å²) in [6.45, 7) is 0.375. The van der Waals surface area contributed by atoms with E-state index in [9.17, 15) is 9.90 Å². The Hall–Kier alpha value is -1.85. The number of ether oxygens (including phenoxy) is 1. The van der Waals surface area contributed by atoms with Gasteiger partial charge in [0.1, 0.15) is 0 Å². The van der Waals surface area contributed by atoms with Crippen molar-refractivity contribution in [2.24, 2.45) is 0 Å². The number of methoxy groups -OCH3 is 1. The monoisotopic (exact) mass is 248 g/mol. The minimum Gasteiger partial charge on any atom is -0.389 e. The highest BCUT2D eigenvalue weighted by Crippen LogP contribution is 2.17. The van der Waals surface area contributed by atoms with E-state index in [4.69, 9.17) is 4.74 Å². The van der Waals surface area contributed by atoms with Crippen LogP contribution in [0, 0.1) is 0 Å². The summed E-state index contributed by atoms with van der Waals surface area (Å²) in [4.78, 5) is 15.0. The van der Waals surface area contributed by atoms with Crippen molar-refractivity contribution in [1.29, 1.82) is 0 Å². The van der Waals surface area contributed by atoms with Crippen molar-refractivity contribution in [3.05, 3.63) is 36.0 Å². The van der Waals surface area contributed by atoms with Crippen molar-refractivity contribution >= 4 is 16.8 Å². The molecule has 0 saturated carbocycles. The number of aliphatic hydroxyl groups excluding tert-OH is 1. The molecule has 0 saturated heterocycles. The zero-order chi connectivity index (χ0) is 13.0. The molecule has 1 heterocycles. The van der Waals surface area contributed by atoms with E-state index < -0.39 is 6.10 Å². The van der Waals surface area contributed by atoms with Gasteiger partial charge in [0.2, 0.25) is 0 Å². The lowest BCUT2D eigenvalue weighted by molar-refractivity contribution is 0.0610. The molecule has 0 aliphatic rings. The number of amides is 1. The summed E-state index contributed by atoms with van der Waals surface area (Å²) in [5, 5.41) is 13.0. The first-order valence-corrected chi connectivity index (χ1v) is 5.73. The number of hydrogen-bond acceptors (Lipinski definition) is 3. The van der Waals surface area contributed by atoms with Gasteiger partial charge in [-0.15, -0.1) is 0 Å². The maximum atomic E-state index is 11.9. The van der Waals surface area contributed by atoms with Crippen molar-refractivity contribution in [1.82, 2.24) is 10.3 Å². The number of H-pyrrole nitrogens is 1. The third-order valence-electron chi connectivity index (χ3n) is 2.69. The number of carbonyl (C=O) groups excluding carboxylic acids is 1. The number of benzene rings is 1. The molecule has 1 aromatic carbocycles. The molecular formula is C13H16N2O3. The Balaban J connectivity index is 2.05. The quantitative estimate of drug-likeness (QED) is 0.736. The van der Waals surface area contributed by atoms with Gasteiger partial charge in [-0.3, -0.25) is 4.79 Å². The number of fused-ring (bicyclic) bond motifs is 1. The SMILES string of the molecule is COCC(O)CNC(=O)c1c[nH]c2ccccc12. The average molecular weight is 248 g/mol. The van der Waals surface area contributed by atoms with Gasteiger partial charge in [0, 0.05) is 30.8 Å². The largest absolute Gasteiger partial charge is 0.389 e. The number of rotatable bonds is 5. The van der Waals surface area contributed by atoms with Gasteiger partial charge < -0.3 is 20.1 Å². The average Bonchev–Trinajstić information content (AvgIpc) is 2.80. The zero-order valence-corrected chi connectivity index (χ0v) is 10.1. The van der Waals surface area contributed by atoms with Crippen LogP contribution in [0.5, 0.6) is 0 Å². The predicted molar refractivity (Wildman–Crippen MR) is 68.5 cm³/mol. The fraction of sp³-hybridized carbons (Fsp3) is 0.308. The van der Waals surface area contributed by atoms with Crippen LogP contribution in [0.2, 0.25) is 0 Å². The molecule has 0 radical (unpaired) electrons. The van der Waals surface area contributed by atoms with Crippen molar-refractivity contribution in [2.45, 2.75) is 6.10 Å². The van der Waals surface area contributed by atoms with Gasteiger partial charge in [-0.25, -0.2) is 0 Å². The number of carbonyl (C=O) groups is 1. The Morgan fingerprint density at radius 3 is 3.06 bits per heavy atom. The second-order valence-corrected chi connectivity index (χ2v) is 4.07. The topological polar surface area (TPSA) is 74.3 Å². The Labute approximate surface area is 105 Å². The van der Waals surface area contributed by atoms with Crippen LogP contribution in [0.25, 0.3) is 10.9 Å². The normalized spacial score (nSPS) is 12.6. The maximum Gasteiger partial charge on any atom is 0.253 e. The highest BCUT2D eigenvalue weighted by atomic mass is 16.5. The smallest absolute Gasteiger partial charge is 0.253 e. The van der Waals surface area contributed by atoms with Gasteiger partial charge in [-0.1, -0.05) is 18.2 Å². The fourth-order valence-electron chi connectivity index (χ4n) is 1.82. The molecule has 0 aliphatic heterocycles. The number of aromatic nitrogens is 1. The van der Waals surface area contributed by atoms with Gasteiger partial charge in [-0.05, 0) is 6.07 Å². The molecule has 96 valence electrons. The lowest BCUT2D eigenvalue weighted by atomic mass is 10.1. The molecule has 5 heteroatoms. The van der Waals surface area contributed by atoms with Gasteiger partial charge >= 0.3 is 0 Å². The van der Waals surface area contributed by atoms with Crippen LogP contribution < -0.4 is 5.32 Å². The zero-order valence-electron chi connectivity index (χ0n) is 10.1. The van der Waals surface area contributed by atoms with Crippen molar-refractivity contribution in [3.8, 4) is 0 Å². The van der Waals surface area contributed by atoms with E-state index in [2.05, 4.69) is 10.3 Å². The summed E-state index contributed by atoms with van der Waals surface area (Å²) in [5.41, 5.74) is 1.50. The van der Waals surface area contributed by atoms with Gasteiger partial charge in [0.05, 0.1) is 18.3 Å². The van der Waals surface area contributed by atoms with Crippen molar-refractivity contribution in [3.63, 3.8) is 0 Å². The summed E-state index contributed by atoms with van der Waals surface area (Å²) in [7, 11) is 1.50. The van der Waals surface area contributed by atoms with E-state index in [0.717, 1.165) is 10.9 Å². The molecule has 1 aromatic heterocycles.